The second-order valence-electron chi connectivity index (χ2n) is 5.72. The van der Waals surface area contributed by atoms with Gasteiger partial charge in [-0.2, -0.15) is 5.26 Å². The molecule has 0 aliphatic carbocycles. The Balaban J connectivity index is 1.77. The highest BCUT2D eigenvalue weighted by Gasteiger charge is 2.10. The molecule has 0 radical (unpaired) electrons. The van der Waals surface area contributed by atoms with Crippen molar-refractivity contribution in [2.24, 2.45) is 0 Å². The molecule has 0 fully saturated rings. The van der Waals surface area contributed by atoms with Crippen LogP contribution in [0, 0.1) is 11.3 Å². The quantitative estimate of drug-likeness (QED) is 0.512. The van der Waals surface area contributed by atoms with Gasteiger partial charge in [0.25, 0.3) is 0 Å². The average molecular weight is 357 g/mol. The van der Waals surface area contributed by atoms with Crippen LogP contribution in [-0.2, 0) is 4.79 Å². The number of nitrogens with zero attached hydrogens (tertiary/aromatic N) is 1. The van der Waals surface area contributed by atoms with Crippen molar-refractivity contribution >= 4 is 11.9 Å². The van der Waals surface area contributed by atoms with Crippen molar-refractivity contribution < 1.29 is 19.1 Å². The SMILES string of the molecule is CC(=O)Oc1ccc(-c2cccc(C(=O)Oc3ccc(C#N)cc3)c2)cc1. The van der Waals surface area contributed by atoms with Crippen LogP contribution in [-0.4, -0.2) is 11.9 Å². The molecule has 0 saturated heterocycles. The normalized spacial score (nSPS) is 9.93. The van der Waals surface area contributed by atoms with Crippen LogP contribution < -0.4 is 9.47 Å². The lowest BCUT2D eigenvalue weighted by Gasteiger charge is -2.07. The van der Waals surface area contributed by atoms with Gasteiger partial charge in [0.1, 0.15) is 11.5 Å². The third-order valence-electron chi connectivity index (χ3n) is 3.74. The summed E-state index contributed by atoms with van der Waals surface area (Å²) in [6, 6.07) is 22.4. The van der Waals surface area contributed by atoms with Gasteiger partial charge in [0.2, 0.25) is 0 Å². The van der Waals surface area contributed by atoms with Crippen molar-refractivity contribution in [1.82, 2.24) is 0 Å². The maximum atomic E-state index is 12.4. The third kappa shape index (κ3) is 4.59. The van der Waals surface area contributed by atoms with Gasteiger partial charge in [0.05, 0.1) is 17.2 Å². The van der Waals surface area contributed by atoms with E-state index in [0.29, 0.717) is 22.6 Å². The molecule has 0 amide bonds. The molecular formula is C22H15NO4. The summed E-state index contributed by atoms with van der Waals surface area (Å²) in [7, 11) is 0. The number of esters is 2. The number of ether oxygens (including phenoxy) is 2. The first-order chi connectivity index (χ1) is 13.0. The molecule has 0 heterocycles. The summed E-state index contributed by atoms with van der Waals surface area (Å²) in [5, 5.41) is 8.80. The van der Waals surface area contributed by atoms with Crippen LogP contribution in [0.5, 0.6) is 11.5 Å². The highest BCUT2D eigenvalue weighted by Crippen LogP contribution is 2.24. The van der Waals surface area contributed by atoms with Gasteiger partial charge < -0.3 is 9.47 Å². The van der Waals surface area contributed by atoms with Crippen molar-refractivity contribution in [3.8, 4) is 28.7 Å². The van der Waals surface area contributed by atoms with E-state index in [-0.39, 0.29) is 5.97 Å². The number of carbonyl (C=O) groups excluding carboxylic acids is 2. The Bertz CT molecular complexity index is 1020. The van der Waals surface area contributed by atoms with E-state index in [1.165, 1.54) is 6.92 Å². The minimum atomic E-state index is -0.488. The van der Waals surface area contributed by atoms with Gasteiger partial charge in [0, 0.05) is 6.92 Å². The van der Waals surface area contributed by atoms with Crippen LogP contribution in [0.15, 0.2) is 72.8 Å². The minimum absolute atomic E-state index is 0.370. The molecule has 5 heteroatoms. The van der Waals surface area contributed by atoms with E-state index < -0.39 is 5.97 Å². The van der Waals surface area contributed by atoms with Crippen LogP contribution in [0.1, 0.15) is 22.8 Å². The molecule has 0 saturated carbocycles. The molecule has 3 aromatic rings. The number of hydrogen-bond donors (Lipinski definition) is 0. The zero-order valence-electron chi connectivity index (χ0n) is 14.5. The molecule has 0 bridgehead atoms. The number of carbonyl (C=O) groups is 2. The lowest BCUT2D eigenvalue weighted by molar-refractivity contribution is -0.131. The summed E-state index contributed by atoms with van der Waals surface area (Å²) >= 11 is 0. The van der Waals surface area contributed by atoms with Gasteiger partial charge in [-0.1, -0.05) is 24.3 Å². The van der Waals surface area contributed by atoms with Crippen LogP contribution >= 0.6 is 0 Å². The van der Waals surface area contributed by atoms with Gasteiger partial charge in [0.15, 0.2) is 0 Å². The second-order valence-corrected chi connectivity index (χ2v) is 5.72. The summed E-state index contributed by atoms with van der Waals surface area (Å²) in [6.07, 6.45) is 0. The molecular weight excluding hydrogens is 342 g/mol. The highest BCUT2D eigenvalue weighted by atomic mass is 16.5. The molecule has 0 aliphatic heterocycles. The van der Waals surface area contributed by atoms with E-state index >= 15 is 0 Å². The zero-order chi connectivity index (χ0) is 19.2. The van der Waals surface area contributed by atoms with E-state index in [1.807, 2.05) is 24.3 Å². The number of hydrogen-bond acceptors (Lipinski definition) is 5. The molecule has 0 N–H and O–H groups in total. The molecule has 5 nitrogen and oxygen atoms in total. The predicted octanol–water partition coefficient (Wildman–Crippen LogP) is 4.37. The predicted molar refractivity (Wildman–Crippen MR) is 99.3 cm³/mol. The van der Waals surface area contributed by atoms with Crippen molar-refractivity contribution in [1.29, 1.82) is 5.26 Å². The first-order valence-electron chi connectivity index (χ1n) is 8.16. The Labute approximate surface area is 156 Å². The molecule has 0 unspecified atom stereocenters. The summed E-state index contributed by atoms with van der Waals surface area (Å²) in [4.78, 5) is 23.4. The summed E-state index contributed by atoms with van der Waals surface area (Å²) in [5.74, 6) is -0.0360. The standard InChI is InChI=1S/C22H15NO4/c1-15(24)26-20-11-7-17(8-12-20)18-3-2-4-19(13-18)22(25)27-21-9-5-16(14-23)6-10-21/h2-13H,1H3. The average Bonchev–Trinajstić information content (AvgIpc) is 2.69. The Kier molecular flexibility index (Phi) is 5.29. The molecule has 0 aliphatic rings. The van der Waals surface area contributed by atoms with Crippen LogP contribution in [0.25, 0.3) is 11.1 Å². The number of benzene rings is 3. The van der Waals surface area contributed by atoms with Crippen LogP contribution in [0.4, 0.5) is 0 Å². The van der Waals surface area contributed by atoms with Gasteiger partial charge in [-0.05, 0) is 59.7 Å². The highest BCUT2D eigenvalue weighted by molar-refractivity contribution is 5.92. The maximum Gasteiger partial charge on any atom is 0.343 e. The Morgan fingerprint density at radius 2 is 1.44 bits per heavy atom. The fourth-order valence-corrected chi connectivity index (χ4v) is 2.47. The smallest absolute Gasteiger partial charge is 0.343 e. The van der Waals surface area contributed by atoms with Gasteiger partial charge >= 0.3 is 11.9 Å². The van der Waals surface area contributed by atoms with Gasteiger partial charge in [-0.15, -0.1) is 0 Å². The number of rotatable bonds is 4. The maximum absolute atomic E-state index is 12.4. The zero-order valence-corrected chi connectivity index (χ0v) is 14.5. The van der Waals surface area contributed by atoms with Crippen molar-refractivity contribution in [2.45, 2.75) is 6.92 Å². The van der Waals surface area contributed by atoms with E-state index in [9.17, 15) is 9.59 Å². The lowest BCUT2D eigenvalue weighted by Crippen LogP contribution is -2.08. The molecule has 0 aromatic heterocycles. The summed E-state index contributed by atoms with van der Waals surface area (Å²) in [5.41, 5.74) is 2.60. The van der Waals surface area contributed by atoms with Gasteiger partial charge in [-0.3, -0.25) is 4.79 Å². The van der Waals surface area contributed by atoms with E-state index in [1.54, 1.807) is 54.6 Å². The number of nitriles is 1. The lowest BCUT2D eigenvalue weighted by atomic mass is 10.0. The molecule has 0 atom stereocenters. The van der Waals surface area contributed by atoms with Crippen LogP contribution in [0.2, 0.25) is 0 Å². The monoisotopic (exact) mass is 357 g/mol. The Hall–Kier alpha value is -3.91. The molecule has 27 heavy (non-hydrogen) atoms. The topological polar surface area (TPSA) is 76.4 Å². The molecule has 3 rings (SSSR count). The van der Waals surface area contributed by atoms with E-state index in [4.69, 9.17) is 14.7 Å². The first kappa shape index (κ1) is 17.9. The Morgan fingerprint density at radius 3 is 2.07 bits per heavy atom. The summed E-state index contributed by atoms with van der Waals surface area (Å²) in [6.45, 7) is 1.34. The fraction of sp³-hybridized carbons (Fsp3) is 0.0455. The summed E-state index contributed by atoms with van der Waals surface area (Å²) < 4.78 is 10.4. The molecule has 132 valence electrons. The fourth-order valence-electron chi connectivity index (χ4n) is 2.47. The largest absolute Gasteiger partial charge is 0.427 e. The molecule has 3 aromatic carbocycles. The minimum Gasteiger partial charge on any atom is -0.427 e. The van der Waals surface area contributed by atoms with Crippen molar-refractivity contribution in [2.75, 3.05) is 0 Å². The van der Waals surface area contributed by atoms with Crippen molar-refractivity contribution in [3.05, 3.63) is 83.9 Å². The van der Waals surface area contributed by atoms with Crippen molar-refractivity contribution in [3.63, 3.8) is 0 Å². The van der Waals surface area contributed by atoms with E-state index in [2.05, 4.69) is 0 Å². The van der Waals surface area contributed by atoms with Crippen LogP contribution in [0.3, 0.4) is 0 Å². The Morgan fingerprint density at radius 1 is 0.815 bits per heavy atom. The first-order valence-corrected chi connectivity index (χ1v) is 8.16. The third-order valence-corrected chi connectivity index (χ3v) is 3.74. The van der Waals surface area contributed by atoms with Gasteiger partial charge in [-0.25, -0.2) is 4.79 Å². The second kappa shape index (κ2) is 7.98. The van der Waals surface area contributed by atoms with E-state index in [0.717, 1.165) is 11.1 Å². The molecule has 0 spiro atoms.